The third-order valence-corrected chi connectivity index (χ3v) is 5.01. The summed E-state index contributed by atoms with van der Waals surface area (Å²) in [5, 5.41) is 12.7. The monoisotopic (exact) mass is 449 g/mol. The fourth-order valence-corrected chi connectivity index (χ4v) is 3.23. The van der Waals surface area contributed by atoms with Crippen LogP contribution in [0.1, 0.15) is 22.3 Å². The Bertz CT molecular complexity index is 1070. The highest BCUT2D eigenvalue weighted by Gasteiger charge is 2.30. The first kappa shape index (κ1) is 22.5. The number of anilines is 1. The van der Waals surface area contributed by atoms with Gasteiger partial charge in [-0.1, -0.05) is 41.9 Å². The summed E-state index contributed by atoms with van der Waals surface area (Å²) in [6.45, 7) is 1.78. The molecule has 3 aromatic carbocycles. The molecule has 0 saturated heterocycles. The summed E-state index contributed by atoms with van der Waals surface area (Å²) in [5.41, 5.74) is 3.50. The molecule has 0 aliphatic rings. The predicted molar refractivity (Wildman–Crippen MR) is 113 cm³/mol. The Kier molecular flexibility index (Phi) is 6.75. The first-order valence-corrected chi connectivity index (χ1v) is 9.69. The maximum atomic E-state index is 12.6. The molecule has 0 bridgehead atoms. The molecule has 3 aromatic rings. The van der Waals surface area contributed by atoms with Gasteiger partial charge in [0.2, 0.25) is 5.91 Å². The zero-order valence-corrected chi connectivity index (χ0v) is 17.2. The molecule has 2 N–H and O–H groups in total. The van der Waals surface area contributed by atoms with Crippen molar-refractivity contribution in [2.24, 2.45) is 0 Å². The second-order valence-corrected chi connectivity index (χ2v) is 7.37. The van der Waals surface area contributed by atoms with E-state index in [0.717, 1.165) is 16.7 Å². The average Bonchev–Trinajstić information content (AvgIpc) is 2.69. The minimum atomic E-state index is -4.75. The predicted octanol–water partition coefficient (Wildman–Crippen LogP) is 6.02. The van der Waals surface area contributed by atoms with Gasteiger partial charge in [-0.2, -0.15) is 0 Å². The van der Waals surface area contributed by atoms with Gasteiger partial charge in [0.1, 0.15) is 11.5 Å². The van der Waals surface area contributed by atoms with E-state index in [1.807, 2.05) is 0 Å². The fraction of sp³-hybridized carbons (Fsp3) is 0.174. The van der Waals surface area contributed by atoms with Crippen molar-refractivity contribution in [2.75, 3.05) is 5.32 Å². The third kappa shape index (κ3) is 6.39. The molecular formula is C23H19ClF3NO3. The van der Waals surface area contributed by atoms with Crippen LogP contribution in [0.15, 0.2) is 60.7 Å². The van der Waals surface area contributed by atoms with E-state index >= 15 is 0 Å². The van der Waals surface area contributed by atoms with Crippen LogP contribution in [0.4, 0.5) is 18.9 Å². The topological polar surface area (TPSA) is 58.6 Å². The van der Waals surface area contributed by atoms with Crippen LogP contribution >= 0.6 is 11.6 Å². The summed E-state index contributed by atoms with van der Waals surface area (Å²) in [4.78, 5) is 12.6. The molecule has 0 saturated carbocycles. The summed E-state index contributed by atoms with van der Waals surface area (Å²) < 4.78 is 40.9. The molecule has 0 aliphatic heterocycles. The highest BCUT2D eigenvalue weighted by Crippen LogP contribution is 2.30. The lowest BCUT2D eigenvalue weighted by Gasteiger charge is -2.16. The maximum absolute atomic E-state index is 12.6. The zero-order valence-electron chi connectivity index (χ0n) is 16.5. The molecular weight excluding hydrogens is 431 g/mol. The Hall–Kier alpha value is -3.19. The summed E-state index contributed by atoms with van der Waals surface area (Å²) in [5.74, 6) is -0.444. The Labute approximate surface area is 182 Å². The zero-order chi connectivity index (χ0) is 22.6. The van der Waals surface area contributed by atoms with E-state index < -0.39 is 6.36 Å². The number of hydrogen-bond acceptors (Lipinski definition) is 3. The molecule has 1 amide bonds. The van der Waals surface area contributed by atoms with Gasteiger partial charge in [0.15, 0.2) is 0 Å². The molecule has 0 radical (unpaired) electrons. The van der Waals surface area contributed by atoms with Gasteiger partial charge >= 0.3 is 6.36 Å². The van der Waals surface area contributed by atoms with Crippen molar-refractivity contribution in [3.05, 3.63) is 87.9 Å². The Morgan fingerprint density at radius 2 is 1.61 bits per heavy atom. The number of carbonyl (C=O) groups excluding carboxylic acids is 1. The summed E-state index contributed by atoms with van der Waals surface area (Å²) in [6, 6.07) is 15.4. The number of amides is 1. The number of phenols is 1. The van der Waals surface area contributed by atoms with E-state index in [-0.39, 0.29) is 23.8 Å². The summed E-state index contributed by atoms with van der Waals surface area (Å²) >= 11 is 6.23. The smallest absolute Gasteiger partial charge is 0.508 e. The Morgan fingerprint density at radius 1 is 1.00 bits per heavy atom. The molecule has 0 heterocycles. The van der Waals surface area contributed by atoms with Crippen LogP contribution in [-0.4, -0.2) is 17.4 Å². The van der Waals surface area contributed by atoms with Gasteiger partial charge in [0.25, 0.3) is 0 Å². The number of halogens is 4. The number of aromatic hydroxyl groups is 1. The molecule has 0 aliphatic carbocycles. The number of benzene rings is 3. The maximum Gasteiger partial charge on any atom is 0.573 e. The third-order valence-electron chi connectivity index (χ3n) is 4.60. The lowest BCUT2D eigenvalue weighted by molar-refractivity contribution is -0.274. The SMILES string of the molecule is Cc1c(Cl)ccc(Cc2ccc(OC(F)(F)F)cc2)c1NC(=O)Cc1ccc(O)cc1. The Morgan fingerprint density at radius 3 is 2.23 bits per heavy atom. The van der Waals surface area contributed by atoms with Crippen molar-refractivity contribution < 1.29 is 27.8 Å². The van der Waals surface area contributed by atoms with Crippen LogP contribution in [0.2, 0.25) is 5.02 Å². The van der Waals surface area contributed by atoms with E-state index in [1.54, 1.807) is 31.2 Å². The highest BCUT2D eigenvalue weighted by atomic mass is 35.5. The summed E-state index contributed by atoms with van der Waals surface area (Å²) in [6.07, 6.45) is -4.27. The molecule has 31 heavy (non-hydrogen) atoms. The molecule has 0 spiro atoms. The van der Waals surface area contributed by atoms with Crippen LogP contribution in [-0.2, 0) is 17.6 Å². The van der Waals surface area contributed by atoms with Gasteiger partial charge in [0, 0.05) is 10.7 Å². The largest absolute Gasteiger partial charge is 0.573 e. The molecule has 0 fully saturated rings. The Balaban J connectivity index is 1.77. The number of phenolic OH excluding ortho intramolecular Hbond substituents is 1. The van der Waals surface area contributed by atoms with Crippen LogP contribution in [0.3, 0.4) is 0 Å². The van der Waals surface area contributed by atoms with Gasteiger partial charge in [0.05, 0.1) is 6.42 Å². The van der Waals surface area contributed by atoms with Crippen LogP contribution in [0, 0.1) is 6.92 Å². The minimum absolute atomic E-state index is 0.106. The second kappa shape index (κ2) is 9.31. The number of nitrogens with one attached hydrogen (secondary N) is 1. The summed E-state index contributed by atoms with van der Waals surface area (Å²) in [7, 11) is 0. The average molecular weight is 450 g/mol. The molecule has 8 heteroatoms. The van der Waals surface area contributed by atoms with Crippen molar-refractivity contribution in [1.29, 1.82) is 0 Å². The minimum Gasteiger partial charge on any atom is -0.508 e. The second-order valence-electron chi connectivity index (χ2n) is 6.97. The normalized spacial score (nSPS) is 11.3. The lowest BCUT2D eigenvalue weighted by atomic mass is 10.00. The highest BCUT2D eigenvalue weighted by molar-refractivity contribution is 6.31. The lowest BCUT2D eigenvalue weighted by Crippen LogP contribution is -2.17. The van der Waals surface area contributed by atoms with Crippen molar-refractivity contribution in [2.45, 2.75) is 26.1 Å². The quantitative estimate of drug-likeness (QED) is 0.483. The van der Waals surface area contributed by atoms with E-state index in [9.17, 15) is 23.1 Å². The molecule has 0 unspecified atom stereocenters. The molecule has 4 nitrogen and oxygen atoms in total. The van der Waals surface area contributed by atoms with Gasteiger partial charge in [-0.15, -0.1) is 13.2 Å². The molecule has 0 aromatic heterocycles. The van der Waals surface area contributed by atoms with Crippen molar-refractivity contribution in [1.82, 2.24) is 0 Å². The van der Waals surface area contributed by atoms with Crippen molar-refractivity contribution in [3.8, 4) is 11.5 Å². The fourth-order valence-electron chi connectivity index (χ4n) is 3.08. The number of hydrogen-bond donors (Lipinski definition) is 2. The number of rotatable bonds is 6. The van der Waals surface area contributed by atoms with Crippen molar-refractivity contribution in [3.63, 3.8) is 0 Å². The molecule has 162 valence electrons. The van der Waals surface area contributed by atoms with Gasteiger partial charge in [-0.25, -0.2) is 0 Å². The number of carbonyl (C=O) groups is 1. The van der Waals surface area contributed by atoms with Crippen LogP contribution in [0.5, 0.6) is 11.5 Å². The standard InChI is InChI=1S/C23H19ClF3NO3/c1-14-20(24)11-6-17(12-15-4-9-19(10-5-15)31-23(25,26)27)22(14)28-21(30)13-16-2-7-18(29)8-3-16/h2-11,29H,12-13H2,1H3,(H,28,30). The van der Waals surface area contributed by atoms with Crippen molar-refractivity contribution >= 4 is 23.2 Å². The van der Waals surface area contributed by atoms with E-state index in [0.29, 0.717) is 22.7 Å². The van der Waals surface area contributed by atoms with Crippen LogP contribution in [0.25, 0.3) is 0 Å². The van der Waals surface area contributed by atoms with E-state index in [1.165, 1.54) is 36.4 Å². The van der Waals surface area contributed by atoms with Gasteiger partial charge in [-0.05, 0) is 65.9 Å². The van der Waals surface area contributed by atoms with Crippen LogP contribution < -0.4 is 10.1 Å². The van der Waals surface area contributed by atoms with Gasteiger partial charge in [-0.3, -0.25) is 4.79 Å². The first-order valence-electron chi connectivity index (χ1n) is 9.31. The van der Waals surface area contributed by atoms with E-state index in [4.69, 9.17) is 11.6 Å². The molecule has 3 rings (SSSR count). The number of alkyl halides is 3. The molecule has 0 atom stereocenters. The van der Waals surface area contributed by atoms with E-state index in [2.05, 4.69) is 10.1 Å². The first-order chi connectivity index (χ1) is 14.6. The number of ether oxygens (including phenoxy) is 1. The van der Waals surface area contributed by atoms with Gasteiger partial charge < -0.3 is 15.2 Å².